The van der Waals surface area contributed by atoms with E-state index in [9.17, 15) is 4.79 Å². The Balaban J connectivity index is 1.67. The molecule has 1 aliphatic heterocycles. The van der Waals surface area contributed by atoms with Gasteiger partial charge in [-0.05, 0) is 50.6 Å². The van der Waals surface area contributed by atoms with Crippen molar-refractivity contribution in [3.8, 4) is 0 Å². The van der Waals surface area contributed by atoms with Gasteiger partial charge in [-0.25, -0.2) is 4.79 Å². The number of halogens is 1. The number of piperidine rings is 1. The first-order valence-electron chi connectivity index (χ1n) is 7.65. The van der Waals surface area contributed by atoms with E-state index in [-0.39, 0.29) is 6.03 Å². The molecule has 1 fully saturated rings. The molecule has 0 spiro atoms. The Bertz CT molecular complexity index is 461. The number of hydrogen-bond donors (Lipinski definition) is 2. The molecule has 0 radical (unpaired) electrons. The van der Waals surface area contributed by atoms with Gasteiger partial charge in [0.15, 0.2) is 0 Å². The van der Waals surface area contributed by atoms with E-state index in [1.165, 1.54) is 19.3 Å². The predicted octanol–water partition coefficient (Wildman–Crippen LogP) is 3.01. The smallest absolute Gasteiger partial charge is 0.315 e. The van der Waals surface area contributed by atoms with Crippen molar-refractivity contribution in [1.82, 2.24) is 15.5 Å². The number of carbonyl (C=O) groups is 1. The van der Waals surface area contributed by atoms with Crippen molar-refractivity contribution in [2.24, 2.45) is 0 Å². The van der Waals surface area contributed by atoms with E-state index in [0.717, 1.165) is 18.7 Å². The van der Waals surface area contributed by atoms with Crippen LogP contribution in [0.5, 0.6) is 0 Å². The molecule has 21 heavy (non-hydrogen) atoms. The molecular formula is C16H24ClN3O. The molecule has 0 bridgehead atoms. The van der Waals surface area contributed by atoms with Gasteiger partial charge in [-0.15, -0.1) is 0 Å². The summed E-state index contributed by atoms with van der Waals surface area (Å²) in [7, 11) is 0. The molecule has 1 aliphatic rings. The summed E-state index contributed by atoms with van der Waals surface area (Å²) >= 11 is 5.92. The normalized spacial score (nSPS) is 17.2. The first-order valence-corrected chi connectivity index (χ1v) is 8.03. The zero-order chi connectivity index (χ0) is 15.1. The van der Waals surface area contributed by atoms with Crippen LogP contribution in [0.2, 0.25) is 5.02 Å². The van der Waals surface area contributed by atoms with Crippen molar-refractivity contribution < 1.29 is 4.79 Å². The van der Waals surface area contributed by atoms with Crippen LogP contribution in [0.25, 0.3) is 0 Å². The van der Waals surface area contributed by atoms with E-state index in [0.29, 0.717) is 24.2 Å². The summed E-state index contributed by atoms with van der Waals surface area (Å²) in [6, 6.07) is 7.78. The molecular weight excluding hydrogens is 286 g/mol. The van der Waals surface area contributed by atoms with Gasteiger partial charge in [0.1, 0.15) is 0 Å². The first kappa shape index (κ1) is 16.1. The van der Waals surface area contributed by atoms with Crippen LogP contribution in [-0.4, -0.2) is 36.6 Å². The van der Waals surface area contributed by atoms with Crippen molar-refractivity contribution >= 4 is 17.6 Å². The predicted molar refractivity (Wildman–Crippen MR) is 86.6 cm³/mol. The molecule has 2 N–H and O–H groups in total. The summed E-state index contributed by atoms with van der Waals surface area (Å²) in [5.74, 6) is 0. The van der Waals surface area contributed by atoms with Gasteiger partial charge in [-0.3, -0.25) is 4.90 Å². The molecule has 116 valence electrons. The van der Waals surface area contributed by atoms with E-state index in [1.54, 1.807) is 0 Å². The Morgan fingerprint density at radius 3 is 2.76 bits per heavy atom. The molecule has 1 aromatic carbocycles. The molecule has 1 heterocycles. The van der Waals surface area contributed by atoms with Gasteiger partial charge in [0.25, 0.3) is 0 Å². The SMILES string of the molecule is CC(CNC(=O)NCc1cccc(Cl)c1)N1CCCCC1. The van der Waals surface area contributed by atoms with Crippen molar-refractivity contribution in [2.45, 2.75) is 38.8 Å². The topological polar surface area (TPSA) is 44.4 Å². The summed E-state index contributed by atoms with van der Waals surface area (Å²) in [6.07, 6.45) is 3.87. The highest BCUT2D eigenvalue weighted by Gasteiger charge is 2.16. The Morgan fingerprint density at radius 2 is 2.05 bits per heavy atom. The van der Waals surface area contributed by atoms with Crippen LogP contribution >= 0.6 is 11.6 Å². The van der Waals surface area contributed by atoms with Crippen molar-refractivity contribution in [3.05, 3.63) is 34.9 Å². The Kier molecular flexibility index (Phi) is 6.33. The quantitative estimate of drug-likeness (QED) is 0.878. The second-order valence-corrected chi connectivity index (χ2v) is 6.08. The standard InChI is InChI=1S/C16H24ClN3O/c1-13(20-8-3-2-4-9-20)11-18-16(21)19-12-14-6-5-7-15(17)10-14/h5-7,10,13H,2-4,8-9,11-12H2,1H3,(H2,18,19,21). The van der Waals surface area contributed by atoms with Crippen LogP contribution in [-0.2, 0) is 6.54 Å². The first-order chi connectivity index (χ1) is 10.1. The number of amides is 2. The number of urea groups is 1. The van der Waals surface area contributed by atoms with Gasteiger partial charge >= 0.3 is 6.03 Å². The van der Waals surface area contributed by atoms with Crippen LogP contribution in [0.15, 0.2) is 24.3 Å². The zero-order valence-corrected chi connectivity index (χ0v) is 13.3. The van der Waals surface area contributed by atoms with Crippen LogP contribution < -0.4 is 10.6 Å². The van der Waals surface area contributed by atoms with E-state index >= 15 is 0 Å². The van der Waals surface area contributed by atoms with Gasteiger partial charge in [0.05, 0.1) is 0 Å². The van der Waals surface area contributed by atoms with Crippen molar-refractivity contribution in [3.63, 3.8) is 0 Å². The van der Waals surface area contributed by atoms with E-state index in [4.69, 9.17) is 11.6 Å². The third kappa shape index (κ3) is 5.56. The number of carbonyl (C=O) groups excluding carboxylic acids is 1. The highest BCUT2D eigenvalue weighted by atomic mass is 35.5. The third-order valence-corrected chi connectivity index (χ3v) is 4.15. The lowest BCUT2D eigenvalue weighted by Gasteiger charge is -2.32. The largest absolute Gasteiger partial charge is 0.337 e. The van der Waals surface area contributed by atoms with Crippen LogP contribution in [0.4, 0.5) is 4.79 Å². The molecule has 1 unspecified atom stereocenters. The minimum atomic E-state index is -0.126. The second kappa shape index (κ2) is 8.25. The lowest BCUT2D eigenvalue weighted by atomic mass is 10.1. The van der Waals surface area contributed by atoms with Gasteiger partial charge in [0, 0.05) is 24.2 Å². The van der Waals surface area contributed by atoms with Gasteiger partial charge < -0.3 is 10.6 Å². The zero-order valence-electron chi connectivity index (χ0n) is 12.6. The van der Waals surface area contributed by atoms with Crippen LogP contribution in [0.3, 0.4) is 0 Å². The Labute approximate surface area is 131 Å². The average molecular weight is 310 g/mol. The highest BCUT2D eigenvalue weighted by Crippen LogP contribution is 2.11. The van der Waals surface area contributed by atoms with E-state index in [2.05, 4.69) is 22.5 Å². The molecule has 1 aromatic rings. The van der Waals surface area contributed by atoms with Gasteiger partial charge in [0.2, 0.25) is 0 Å². The fraction of sp³-hybridized carbons (Fsp3) is 0.562. The second-order valence-electron chi connectivity index (χ2n) is 5.64. The van der Waals surface area contributed by atoms with Crippen LogP contribution in [0, 0.1) is 0 Å². The van der Waals surface area contributed by atoms with E-state index in [1.807, 2.05) is 24.3 Å². The summed E-state index contributed by atoms with van der Waals surface area (Å²) < 4.78 is 0. The summed E-state index contributed by atoms with van der Waals surface area (Å²) in [6.45, 7) is 5.63. The molecule has 1 atom stereocenters. The summed E-state index contributed by atoms with van der Waals surface area (Å²) in [5.41, 5.74) is 1.00. The Hall–Kier alpha value is -1.26. The van der Waals surface area contributed by atoms with Gasteiger partial charge in [-0.1, -0.05) is 30.2 Å². The number of benzene rings is 1. The lowest BCUT2D eigenvalue weighted by molar-refractivity contribution is 0.170. The van der Waals surface area contributed by atoms with Gasteiger partial charge in [-0.2, -0.15) is 0 Å². The third-order valence-electron chi connectivity index (χ3n) is 3.91. The lowest BCUT2D eigenvalue weighted by Crippen LogP contribution is -2.46. The number of nitrogens with one attached hydrogen (secondary N) is 2. The molecule has 1 saturated heterocycles. The molecule has 0 saturated carbocycles. The monoisotopic (exact) mass is 309 g/mol. The summed E-state index contributed by atoms with van der Waals surface area (Å²) in [4.78, 5) is 14.3. The number of rotatable bonds is 5. The van der Waals surface area contributed by atoms with Crippen molar-refractivity contribution in [1.29, 1.82) is 0 Å². The average Bonchev–Trinajstić information content (AvgIpc) is 2.51. The molecule has 0 aromatic heterocycles. The number of nitrogens with zero attached hydrogens (tertiary/aromatic N) is 1. The van der Waals surface area contributed by atoms with E-state index < -0.39 is 0 Å². The highest BCUT2D eigenvalue weighted by molar-refractivity contribution is 6.30. The Morgan fingerprint density at radius 1 is 1.29 bits per heavy atom. The molecule has 2 rings (SSSR count). The fourth-order valence-corrected chi connectivity index (χ4v) is 2.83. The fourth-order valence-electron chi connectivity index (χ4n) is 2.62. The molecule has 2 amide bonds. The maximum Gasteiger partial charge on any atom is 0.315 e. The molecule has 5 heteroatoms. The maximum atomic E-state index is 11.8. The molecule has 0 aliphatic carbocycles. The minimum absolute atomic E-state index is 0.126. The van der Waals surface area contributed by atoms with Crippen LogP contribution in [0.1, 0.15) is 31.7 Å². The maximum absolute atomic E-state index is 11.8. The molecule has 4 nitrogen and oxygen atoms in total. The minimum Gasteiger partial charge on any atom is -0.337 e. The summed E-state index contributed by atoms with van der Waals surface area (Å²) in [5, 5.41) is 6.49. The number of hydrogen-bond acceptors (Lipinski definition) is 2. The van der Waals surface area contributed by atoms with Crippen molar-refractivity contribution in [2.75, 3.05) is 19.6 Å². The number of likely N-dealkylation sites (tertiary alicyclic amines) is 1.